The highest BCUT2D eigenvalue weighted by atomic mass is 16.1. The van der Waals surface area contributed by atoms with Crippen LogP contribution in [0, 0.1) is 6.92 Å². The Kier molecular flexibility index (Phi) is 5.15. The number of amides is 1. The number of carbonyl (C=O) groups is 1. The van der Waals surface area contributed by atoms with Gasteiger partial charge in [0.05, 0.1) is 11.9 Å². The van der Waals surface area contributed by atoms with Gasteiger partial charge in [-0.2, -0.15) is 4.98 Å². The minimum atomic E-state index is -0.0836. The van der Waals surface area contributed by atoms with Gasteiger partial charge in [-0.25, -0.2) is 15.0 Å². The van der Waals surface area contributed by atoms with E-state index in [0.29, 0.717) is 29.4 Å². The number of aryl methyl sites for hydroxylation is 1. The fraction of sp³-hybridized carbons (Fsp3) is 0.632. The highest BCUT2D eigenvalue weighted by Gasteiger charge is 2.27. The van der Waals surface area contributed by atoms with Gasteiger partial charge in [0, 0.05) is 25.6 Å². The lowest BCUT2D eigenvalue weighted by molar-refractivity contribution is -0.115. The molecule has 0 radical (unpaired) electrons. The molecule has 1 N–H and O–H groups in total. The molecule has 27 heavy (non-hydrogen) atoms. The zero-order chi connectivity index (χ0) is 18.8. The first kappa shape index (κ1) is 18.0. The topological polar surface area (TPSA) is 87.1 Å². The summed E-state index contributed by atoms with van der Waals surface area (Å²) in [6, 6.07) is 0.704. The van der Waals surface area contributed by atoms with Crippen LogP contribution in [0.1, 0.15) is 44.7 Å². The fourth-order valence-electron chi connectivity index (χ4n) is 4.00. The molecule has 0 aliphatic carbocycles. The summed E-state index contributed by atoms with van der Waals surface area (Å²) >= 11 is 0. The van der Waals surface area contributed by atoms with E-state index in [2.05, 4.69) is 35.1 Å². The Bertz CT molecular complexity index is 826. The predicted octanol–water partition coefficient (Wildman–Crippen LogP) is 2.14. The van der Waals surface area contributed by atoms with Crippen molar-refractivity contribution in [3.63, 3.8) is 0 Å². The largest absolute Gasteiger partial charge is 0.341 e. The smallest absolute Gasteiger partial charge is 0.227 e. The molecule has 2 aliphatic rings. The fourth-order valence-corrected chi connectivity index (χ4v) is 4.00. The van der Waals surface area contributed by atoms with Crippen molar-refractivity contribution in [3.8, 4) is 0 Å². The third kappa shape index (κ3) is 3.85. The Morgan fingerprint density at radius 3 is 2.59 bits per heavy atom. The number of likely N-dealkylation sites (tertiary alicyclic amines) is 1. The van der Waals surface area contributed by atoms with E-state index < -0.39 is 0 Å². The number of nitrogens with zero attached hydrogens (tertiary/aromatic N) is 6. The minimum Gasteiger partial charge on any atom is -0.341 e. The van der Waals surface area contributed by atoms with Gasteiger partial charge < -0.3 is 15.1 Å². The molecular formula is C19H27N7O. The molecule has 2 fully saturated rings. The Morgan fingerprint density at radius 2 is 1.89 bits per heavy atom. The average Bonchev–Trinajstić information content (AvgIpc) is 3.23. The van der Waals surface area contributed by atoms with E-state index in [1.807, 2.05) is 6.92 Å². The first-order valence-corrected chi connectivity index (χ1v) is 9.94. The van der Waals surface area contributed by atoms with Crippen molar-refractivity contribution >= 4 is 28.8 Å². The van der Waals surface area contributed by atoms with Crippen LogP contribution in [0.4, 0.5) is 11.8 Å². The second-order valence-electron chi connectivity index (χ2n) is 7.40. The molecule has 8 heteroatoms. The molecule has 0 bridgehead atoms. The molecule has 8 nitrogen and oxygen atoms in total. The van der Waals surface area contributed by atoms with Gasteiger partial charge in [-0.3, -0.25) is 4.79 Å². The van der Waals surface area contributed by atoms with Gasteiger partial charge >= 0.3 is 0 Å². The van der Waals surface area contributed by atoms with Crippen LogP contribution in [0.15, 0.2) is 6.20 Å². The van der Waals surface area contributed by atoms with E-state index in [9.17, 15) is 4.79 Å². The third-order valence-electron chi connectivity index (χ3n) is 5.56. The van der Waals surface area contributed by atoms with Crippen molar-refractivity contribution in [2.45, 2.75) is 52.0 Å². The molecule has 144 valence electrons. The Morgan fingerprint density at radius 1 is 1.15 bits per heavy atom. The quantitative estimate of drug-likeness (QED) is 0.883. The molecule has 2 saturated heterocycles. The van der Waals surface area contributed by atoms with Crippen LogP contribution in [0.3, 0.4) is 0 Å². The van der Waals surface area contributed by atoms with Crippen molar-refractivity contribution in [3.05, 3.63) is 11.9 Å². The molecule has 2 aliphatic heterocycles. The molecule has 2 aromatic rings. The number of anilines is 2. The number of fused-ring (bicyclic) bond motifs is 1. The van der Waals surface area contributed by atoms with Gasteiger partial charge in [0.25, 0.3) is 0 Å². The molecular weight excluding hydrogens is 342 g/mol. The lowest BCUT2D eigenvalue weighted by Crippen LogP contribution is -2.44. The standard InChI is InChI=1S/C19H27N7O/c1-3-16(27)22-15-12-20-18-17(23-15)13(2)21-19(24-18)26-10-6-14(7-11-26)25-8-4-5-9-25/h12,14H,3-11H2,1-2H3,(H,22,23,27). The van der Waals surface area contributed by atoms with E-state index >= 15 is 0 Å². The molecule has 0 unspecified atom stereocenters. The Labute approximate surface area is 159 Å². The first-order chi connectivity index (χ1) is 13.1. The summed E-state index contributed by atoms with van der Waals surface area (Å²) in [5.74, 6) is 1.10. The highest BCUT2D eigenvalue weighted by Crippen LogP contribution is 2.24. The van der Waals surface area contributed by atoms with Gasteiger partial charge in [-0.15, -0.1) is 0 Å². The van der Waals surface area contributed by atoms with E-state index in [4.69, 9.17) is 0 Å². The van der Waals surface area contributed by atoms with Crippen LogP contribution < -0.4 is 10.2 Å². The van der Waals surface area contributed by atoms with Crippen LogP contribution in [0.25, 0.3) is 11.2 Å². The Balaban J connectivity index is 1.49. The number of nitrogens with one attached hydrogen (secondary N) is 1. The van der Waals surface area contributed by atoms with Gasteiger partial charge in [0.2, 0.25) is 11.9 Å². The van der Waals surface area contributed by atoms with Crippen LogP contribution in [0.2, 0.25) is 0 Å². The number of aromatic nitrogens is 4. The highest BCUT2D eigenvalue weighted by molar-refractivity contribution is 5.90. The van der Waals surface area contributed by atoms with Gasteiger partial charge in [-0.1, -0.05) is 6.92 Å². The molecule has 1 amide bonds. The summed E-state index contributed by atoms with van der Waals surface area (Å²) in [5.41, 5.74) is 2.00. The summed E-state index contributed by atoms with van der Waals surface area (Å²) in [7, 11) is 0. The van der Waals surface area contributed by atoms with Gasteiger partial charge in [-0.05, 0) is 45.7 Å². The zero-order valence-corrected chi connectivity index (χ0v) is 16.1. The normalized spacial score (nSPS) is 19.0. The summed E-state index contributed by atoms with van der Waals surface area (Å²) < 4.78 is 0. The summed E-state index contributed by atoms with van der Waals surface area (Å²) in [6.45, 7) is 8.18. The van der Waals surface area contributed by atoms with E-state index in [1.54, 1.807) is 13.1 Å². The van der Waals surface area contributed by atoms with Crippen molar-refractivity contribution in [1.82, 2.24) is 24.8 Å². The van der Waals surface area contributed by atoms with Crippen LogP contribution in [0.5, 0.6) is 0 Å². The molecule has 0 aromatic carbocycles. The minimum absolute atomic E-state index is 0.0836. The van der Waals surface area contributed by atoms with Crippen molar-refractivity contribution in [2.24, 2.45) is 0 Å². The van der Waals surface area contributed by atoms with Crippen LogP contribution >= 0.6 is 0 Å². The van der Waals surface area contributed by atoms with Gasteiger partial charge in [0.15, 0.2) is 11.5 Å². The van der Waals surface area contributed by atoms with Crippen LogP contribution in [-0.2, 0) is 4.79 Å². The number of hydrogen-bond donors (Lipinski definition) is 1. The maximum atomic E-state index is 11.6. The first-order valence-electron chi connectivity index (χ1n) is 9.94. The number of carbonyl (C=O) groups excluding carboxylic acids is 1. The van der Waals surface area contributed by atoms with Crippen molar-refractivity contribution in [2.75, 3.05) is 36.4 Å². The second kappa shape index (κ2) is 7.72. The molecule has 0 spiro atoms. The lowest BCUT2D eigenvalue weighted by Gasteiger charge is -2.36. The lowest BCUT2D eigenvalue weighted by atomic mass is 10.0. The number of hydrogen-bond acceptors (Lipinski definition) is 7. The number of piperidine rings is 1. The average molecular weight is 369 g/mol. The molecule has 0 atom stereocenters. The van der Waals surface area contributed by atoms with E-state index in [1.165, 1.54) is 25.9 Å². The SMILES string of the molecule is CCC(=O)Nc1cnc2nc(N3CCC(N4CCCC4)CC3)nc(C)c2n1. The molecule has 0 saturated carbocycles. The van der Waals surface area contributed by atoms with Crippen molar-refractivity contribution < 1.29 is 4.79 Å². The third-order valence-corrected chi connectivity index (χ3v) is 5.56. The molecule has 4 heterocycles. The predicted molar refractivity (Wildman–Crippen MR) is 105 cm³/mol. The molecule has 2 aromatic heterocycles. The van der Waals surface area contributed by atoms with E-state index in [0.717, 1.165) is 37.6 Å². The van der Waals surface area contributed by atoms with Gasteiger partial charge in [0.1, 0.15) is 5.52 Å². The number of rotatable bonds is 4. The maximum absolute atomic E-state index is 11.6. The summed E-state index contributed by atoms with van der Waals surface area (Å²) in [4.78, 5) is 34.6. The molecule has 4 rings (SSSR count). The Hall–Kier alpha value is -2.35. The summed E-state index contributed by atoms with van der Waals surface area (Å²) in [6.07, 6.45) is 6.97. The second-order valence-corrected chi connectivity index (χ2v) is 7.40. The monoisotopic (exact) mass is 369 g/mol. The van der Waals surface area contributed by atoms with Crippen molar-refractivity contribution in [1.29, 1.82) is 0 Å². The zero-order valence-electron chi connectivity index (χ0n) is 16.1. The van der Waals surface area contributed by atoms with E-state index in [-0.39, 0.29) is 5.91 Å². The summed E-state index contributed by atoms with van der Waals surface area (Å²) in [5, 5.41) is 2.74. The maximum Gasteiger partial charge on any atom is 0.227 e. The van der Waals surface area contributed by atoms with Crippen LogP contribution in [-0.4, -0.2) is 63.0 Å².